The highest BCUT2D eigenvalue weighted by Crippen LogP contribution is 2.51. The molecule has 2 bridgehead atoms. The van der Waals surface area contributed by atoms with E-state index in [1.807, 2.05) is 0 Å². The Bertz CT molecular complexity index is 1130. The van der Waals surface area contributed by atoms with Gasteiger partial charge in [-0.25, -0.2) is 17.2 Å². The summed E-state index contributed by atoms with van der Waals surface area (Å²) in [4.78, 5) is 12.7. The lowest BCUT2D eigenvalue weighted by atomic mass is 9.76. The van der Waals surface area contributed by atoms with Gasteiger partial charge < -0.3 is 10.4 Å². The number of hydrogen-bond acceptors (Lipinski definition) is 4. The quantitative estimate of drug-likeness (QED) is 0.732. The van der Waals surface area contributed by atoms with Crippen LogP contribution in [0.2, 0.25) is 0 Å². The van der Waals surface area contributed by atoms with Gasteiger partial charge in [-0.05, 0) is 81.2 Å². The average Bonchev–Trinajstić information content (AvgIpc) is 2.87. The van der Waals surface area contributed by atoms with E-state index in [9.17, 15) is 27.1 Å². The molecule has 2 aromatic carbocycles. The third kappa shape index (κ3) is 3.87. The lowest BCUT2D eigenvalue weighted by Crippen LogP contribution is -2.45. The summed E-state index contributed by atoms with van der Waals surface area (Å²) in [6.45, 7) is 3.48. The fourth-order valence-corrected chi connectivity index (χ4v) is 7.16. The van der Waals surface area contributed by atoms with Gasteiger partial charge in [0.1, 0.15) is 0 Å². The first kappa shape index (κ1) is 21.9. The average molecular weight is 450 g/mol. The maximum Gasteiger partial charge on any atom is 0.255 e. The molecule has 2 aliphatic rings. The van der Waals surface area contributed by atoms with Crippen LogP contribution in [0.1, 0.15) is 48.5 Å². The molecule has 0 spiro atoms. The van der Waals surface area contributed by atoms with E-state index in [1.165, 1.54) is 18.2 Å². The summed E-state index contributed by atoms with van der Waals surface area (Å²) in [6, 6.07) is 7.41. The van der Waals surface area contributed by atoms with Gasteiger partial charge in [0.05, 0.1) is 15.7 Å². The Morgan fingerprint density at radius 3 is 2.32 bits per heavy atom. The van der Waals surface area contributed by atoms with Crippen molar-refractivity contribution in [1.82, 2.24) is 0 Å². The van der Waals surface area contributed by atoms with E-state index in [1.54, 1.807) is 19.9 Å². The summed E-state index contributed by atoms with van der Waals surface area (Å²) in [5, 5.41) is 12.5. The highest BCUT2D eigenvalue weighted by atomic mass is 32.2. The first-order valence-corrected chi connectivity index (χ1v) is 11.9. The van der Waals surface area contributed by atoms with Crippen LogP contribution in [0.5, 0.6) is 0 Å². The smallest absolute Gasteiger partial charge is 0.255 e. The molecule has 0 aliphatic heterocycles. The molecule has 5 nitrogen and oxygen atoms in total. The Morgan fingerprint density at radius 2 is 1.71 bits per heavy atom. The maximum absolute atomic E-state index is 13.4. The summed E-state index contributed by atoms with van der Waals surface area (Å²) in [7, 11) is -3.71. The number of nitrogens with one attached hydrogen (secondary N) is 1. The van der Waals surface area contributed by atoms with Crippen LogP contribution >= 0.6 is 0 Å². The fraction of sp³-hybridized carbons (Fsp3) is 0.435. The molecule has 2 N–H and O–H groups in total. The zero-order chi connectivity index (χ0) is 22.6. The zero-order valence-corrected chi connectivity index (χ0v) is 18.2. The van der Waals surface area contributed by atoms with Crippen molar-refractivity contribution in [1.29, 1.82) is 0 Å². The predicted molar refractivity (Wildman–Crippen MR) is 113 cm³/mol. The number of hydrogen-bond donors (Lipinski definition) is 2. The van der Waals surface area contributed by atoms with Gasteiger partial charge >= 0.3 is 0 Å². The van der Waals surface area contributed by atoms with E-state index < -0.39 is 38.2 Å². The lowest BCUT2D eigenvalue weighted by molar-refractivity contribution is -0.0413. The van der Waals surface area contributed by atoms with Gasteiger partial charge in [0, 0.05) is 17.3 Å². The molecule has 2 fully saturated rings. The van der Waals surface area contributed by atoms with Crippen molar-refractivity contribution in [2.75, 3.05) is 5.32 Å². The van der Waals surface area contributed by atoms with E-state index in [0.29, 0.717) is 18.4 Å². The van der Waals surface area contributed by atoms with Crippen LogP contribution < -0.4 is 5.32 Å². The Labute approximate surface area is 180 Å². The lowest BCUT2D eigenvalue weighted by Gasteiger charge is -2.40. The molecule has 0 aromatic heterocycles. The second-order valence-electron chi connectivity index (χ2n) is 8.90. The van der Waals surface area contributed by atoms with Gasteiger partial charge in [0.2, 0.25) is 0 Å². The Morgan fingerprint density at radius 1 is 1.06 bits per heavy atom. The van der Waals surface area contributed by atoms with Crippen molar-refractivity contribution in [3.8, 4) is 0 Å². The van der Waals surface area contributed by atoms with Crippen molar-refractivity contribution in [2.24, 2.45) is 11.8 Å². The predicted octanol–water partition coefficient (Wildman–Crippen LogP) is 4.24. The SMILES string of the molecule is Cc1ccc(C(=O)Nc2ccc(F)c(F)c2)cc1S(=O)(=O)[C@H]1CC2CCC(C1)[C@@]2(C)O. The molecule has 0 radical (unpaired) electrons. The number of benzene rings is 2. The number of carbonyl (C=O) groups is 1. The minimum atomic E-state index is -3.71. The number of amides is 1. The van der Waals surface area contributed by atoms with Crippen molar-refractivity contribution >= 4 is 21.4 Å². The number of aryl methyl sites for hydroxylation is 1. The molecule has 0 heterocycles. The van der Waals surface area contributed by atoms with Crippen LogP contribution in [0.3, 0.4) is 0 Å². The third-order valence-electron chi connectivity index (χ3n) is 6.98. The van der Waals surface area contributed by atoms with Crippen LogP contribution in [0.25, 0.3) is 0 Å². The molecule has 2 aliphatic carbocycles. The van der Waals surface area contributed by atoms with Crippen molar-refractivity contribution < 1.29 is 27.1 Å². The Balaban J connectivity index is 1.60. The van der Waals surface area contributed by atoms with Crippen LogP contribution in [-0.2, 0) is 9.84 Å². The molecule has 2 saturated carbocycles. The van der Waals surface area contributed by atoms with Gasteiger partial charge in [-0.2, -0.15) is 0 Å². The van der Waals surface area contributed by atoms with E-state index in [-0.39, 0.29) is 28.0 Å². The van der Waals surface area contributed by atoms with E-state index >= 15 is 0 Å². The van der Waals surface area contributed by atoms with Crippen molar-refractivity contribution in [3.05, 3.63) is 59.2 Å². The molecule has 31 heavy (non-hydrogen) atoms. The van der Waals surface area contributed by atoms with E-state index in [4.69, 9.17) is 0 Å². The zero-order valence-electron chi connectivity index (χ0n) is 17.4. The van der Waals surface area contributed by atoms with Gasteiger partial charge in [0.15, 0.2) is 21.5 Å². The molecule has 4 rings (SSSR count). The van der Waals surface area contributed by atoms with E-state index in [0.717, 1.165) is 25.0 Å². The van der Waals surface area contributed by atoms with Gasteiger partial charge in [-0.3, -0.25) is 4.79 Å². The molecule has 2 unspecified atom stereocenters. The number of aliphatic hydroxyl groups is 1. The third-order valence-corrected chi connectivity index (χ3v) is 9.30. The van der Waals surface area contributed by atoms with Gasteiger partial charge in [0.25, 0.3) is 5.91 Å². The van der Waals surface area contributed by atoms with Crippen LogP contribution in [0.4, 0.5) is 14.5 Å². The summed E-state index contributed by atoms with van der Waals surface area (Å²) in [5.74, 6) is -2.83. The second kappa shape index (κ2) is 7.67. The van der Waals surface area contributed by atoms with Gasteiger partial charge in [-0.15, -0.1) is 0 Å². The normalized spacial score (nSPS) is 27.8. The molecular formula is C23H25F2NO4S. The van der Waals surface area contributed by atoms with Gasteiger partial charge in [-0.1, -0.05) is 6.07 Å². The minimum Gasteiger partial charge on any atom is -0.390 e. The molecule has 1 amide bonds. The monoisotopic (exact) mass is 449 g/mol. The number of halogens is 2. The van der Waals surface area contributed by atoms with Crippen molar-refractivity contribution in [3.63, 3.8) is 0 Å². The number of rotatable bonds is 4. The molecule has 166 valence electrons. The number of sulfone groups is 1. The second-order valence-corrected chi connectivity index (χ2v) is 11.1. The standard InChI is InChI=1S/C23H25F2NO4S/c1-13-3-4-14(22(27)26-17-7-8-19(24)20(25)12-17)9-21(13)31(29,30)18-10-15-5-6-16(11-18)23(15,2)28/h3-4,7-9,12,15-16,18,28H,5-6,10-11H2,1-2H3,(H,26,27)/t15?,16?,18-,23-. The number of fused-ring (bicyclic) bond motifs is 2. The number of carbonyl (C=O) groups excluding carboxylic acids is 1. The molecule has 8 heteroatoms. The maximum atomic E-state index is 13.4. The highest BCUT2D eigenvalue weighted by molar-refractivity contribution is 7.92. The van der Waals surface area contributed by atoms with Crippen LogP contribution in [0, 0.1) is 30.4 Å². The fourth-order valence-electron chi connectivity index (χ4n) is 5.02. The topological polar surface area (TPSA) is 83.5 Å². The first-order valence-electron chi connectivity index (χ1n) is 10.3. The molecule has 0 saturated heterocycles. The Hall–Kier alpha value is -2.32. The summed E-state index contributed by atoms with van der Waals surface area (Å²) in [6.07, 6.45) is 2.44. The number of anilines is 1. The first-order chi connectivity index (χ1) is 14.5. The molecule has 2 aromatic rings. The molecular weight excluding hydrogens is 424 g/mol. The van der Waals surface area contributed by atoms with Crippen LogP contribution in [-0.4, -0.2) is 30.3 Å². The molecule has 2 atom stereocenters. The van der Waals surface area contributed by atoms with Crippen molar-refractivity contribution in [2.45, 2.75) is 55.3 Å². The summed E-state index contributed by atoms with van der Waals surface area (Å²) in [5.41, 5.74) is -0.110. The Kier molecular flexibility index (Phi) is 5.42. The largest absolute Gasteiger partial charge is 0.390 e. The highest BCUT2D eigenvalue weighted by Gasteiger charge is 2.53. The van der Waals surface area contributed by atoms with Crippen LogP contribution in [0.15, 0.2) is 41.3 Å². The summed E-state index contributed by atoms with van der Waals surface area (Å²) < 4.78 is 53.4. The summed E-state index contributed by atoms with van der Waals surface area (Å²) >= 11 is 0. The van der Waals surface area contributed by atoms with E-state index in [2.05, 4.69) is 5.32 Å². The minimum absolute atomic E-state index is 0.0498.